The van der Waals surface area contributed by atoms with Gasteiger partial charge >= 0.3 is 34.4 Å². The molecule has 2 aliphatic rings. The largest absolute Gasteiger partial charge is 0.496 e. The molecule has 5 rings (SSSR count). The van der Waals surface area contributed by atoms with Gasteiger partial charge in [0.15, 0.2) is 12.2 Å². The standard InChI is InChI=1S/C41H46N2O16S/c1-7-32-40(4)39(54-27(3)44)41(5,58-32)36(30(57-40)20-14-9-8-13-19-29-26(2)31(51-6)25-35(47)55-29)56-34(46)22-21-33(45)52-23-15-16-24-53-37-38(43(48)59-42-37)60(49,50)28-17-11-10-12-18-28/h8-20,25,30,32,36,39H,7,21-24H2,1-6H3/b9-8+,16-15+,19-13+,20-14+/t30-,32+,36-,39+,40-,41+/m0/s1. The van der Waals surface area contributed by atoms with Crippen LogP contribution in [0.2, 0.25) is 0 Å². The normalized spacial score (nSPS) is 24.0. The quantitative estimate of drug-likeness (QED) is 0.0577. The summed E-state index contributed by atoms with van der Waals surface area (Å²) in [6, 6.07) is 8.45. The van der Waals surface area contributed by atoms with E-state index in [9.17, 15) is 32.8 Å². The molecule has 2 fully saturated rings. The number of sulfone groups is 1. The molecule has 2 aromatic heterocycles. The number of esters is 3. The second-order valence-electron chi connectivity index (χ2n) is 13.9. The Hall–Kier alpha value is -6.05. The molecule has 60 heavy (non-hydrogen) atoms. The summed E-state index contributed by atoms with van der Waals surface area (Å²) in [6.45, 7) is 7.90. The smallest absolute Gasteiger partial charge is 0.415 e. The van der Waals surface area contributed by atoms with Crippen molar-refractivity contribution in [3.63, 3.8) is 0 Å². The van der Waals surface area contributed by atoms with Crippen molar-refractivity contribution < 1.29 is 69.9 Å². The second-order valence-corrected chi connectivity index (χ2v) is 15.8. The number of carbonyl (C=O) groups is 3. The molecule has 4 heterocycles. The van der Waals surface area contributed by atoms with E-state index >= 15 is 0 Å². The maximum Gasteiger partial charge on any atom is 0.415 e. The molecule has 2 aliphatic heterocycles. The Bertz CT molecular complexity index is 2310. The highest BCUT2D eigenvalue weighted by Crippen LogP contribution is 2.52. The fourth-order valence-electron chi connectivity index (χ4n) is 6.96. The summed E-state index contributed by atoms with van der Waals surface area (Å²) in [5, 5.41) is 14.6. The zero-order valence-corrected chi connectivity index (χ0v) is 34.6. The predicted molar refractivity (Wildman–Crippen MR) is 208 cm³/mol. The first-order chi connectivity index (χ1) is 28.5. The molecule has 1 aromatic carbocycles. The lowest BCUT2D eigenvalue weighted by molar-refractivity contribution is -0.832. The highest BCUT2D eigenvalue weighted by Gasteiger charge is 2.71. The number of allylic oxidation sites excluding steroid dienone is 4. The number of carbonyl (C=O) groups excluding carboxylic acids is 3. The maximum absolute atomic E-state index is 13.3. The molecule has 0 unspecified atom stereocenters. The van der Waals surface area contributed by atoms with Crippen LogP contribution in [0.15, 0.2) is 103 Å². The van der Waals surface area contributed by atoms with Crippen molar-refractivity contribution in [1.29, 1.82) is 0 Å². The van der Waals surface area contributed by atoms with Gasteiger partial charge in [-0.25, -0.2) is 13.2 Å². The van der Waals surface area contributed by atoms with E-state index in [1.165, 1.54) is 56.5 Å². The molecule has 0 saturated carbocycles. The summed E-state index contributed by atoms with van der Waals surface area (Å²) in [5.74, 6) is -1.89. The van der Waals surface area contributed by atoms with Crippen LogP contribution in [-0.4, -0.2) is 87.4 Å². The van der Waals surface area contributed by atoms with Crippen molar-refractivity contribution >= 4 is 33.8 Å². The third-order valence-corrected chi connectivity index (χ3v) is 11.5. The fourth-order valence-corrected chi connectivity index (χ4v) is 8.25. The Balaban J connectivity index is 1.18. The van der Waals surface area contributed by atoms with Crippen LogP contribution in [-0.2, 0) is 47.9 Å². The van der Waals surface area contributed by atoms with Gasteiger partial charge in [-0.15, -0.1) is 0 Å². The molecule has 0 radical (unpaired) electrons. The van der Waals surface area contributed by atoms with Crippen LogP contribution in [0.5, 0.6) is 11.6 Å². The maximum atomic E-state index is 13.3. The zero-order chi connectivity index (χ0) is 43.7. The van der Waals surface area contributed by atoms with E-state index in [2.05, 4.69) is 9.79 Å². The lowest BCUT2D eigenvalue weighted by atomic mass is 9.77. The average molecular weight is 855 g/mol. The van der Waals surface area contributed by atoms with Crippen LogP contribution in [0.25, 0.3) is 6.08 Å². The highest BCUT2D eigenvalue weighted by molar-refractivity contribution is 7.91. The number of hydrogen-bond donors (Lipinski definition) is 0. The number of benzene rings is 1. The van der Waals surface area contributed by atoms with Gasteiger partial charge in [0.1, 0.15) is 42.0 Å². The van der Waals surface area contributed by atoms with Crippen molar-refractivity contribution in [1.82, 2.24) is 5.16 Å². The minimum atomic E-state index is -4.30. The Morgan fingerprint density at radius 3 is 2.37 bits per heavy atom. The number of fused-ring (bicyclic) bond motifs is 2. The second kappa shape index (κ2) is 19.3. The number of aromatic nitrogens is 2. The van der Waals surface area contributed by atoms with Gasteiger partial charge in [0, 0.05) is 12.5 Å². The minimum absolute atomic E-state index is 0.161. The summed E-state index contributed by atoms with van der Waals surface area (Å²) >= 11 is 0. The van der Waals surface area contributed by atoms with Crippen LogP contribution < -0.4 is 20.0 Å². The number of ether oxygens (including phenoxy) is 7. The number of methoxy groups -OCH3 is 1. The van der Waals surface area contributed by atoms with Gasteiger partial charge in [0.05, 0.1) is 42.2 Å². The van der Waals surface area contributed by atoms with Gasteiger partial charge < -0.3 is 42.8 Å². The Morgan fingerprint density at radius 1 is 0.967 bits per heavy atom. The summed E-state index contributed by atoms with van der Waals surface area (Å²) < 4.78 is 75.9. The molecule has 0 N–H and O–H groups in total. The first kappa shape index (κ1) is 45.0. The molecule has 322 valence electrons. The van der Waals surface area contributed by atoms with Gasteiger partial charge in [-0.3, -0.25) is 19.0 Å². The summed E-state index contributed by atoms with van der Waals surface area (Å²) in [7, 11) is -2.84. The van der Waals surface area contributed by atoms with E-state index in [4.69, 9.17) is 37.6 Å². The first-order valence-electron chi connectivity index (χ1n) is 18.8. The van der Waals surface area contributed by atoms with E-state index in [0.29, 0.717) is 23.5 Å². The van der Waals surface area contributed by atoms with Crippen molar-refractivity contribution in [3.05, 3.63) is 106 Å². The van der Waals surface area contributed by atoms with E-state index in [0.717, 1.165) is 0 Å². The van der Waals surface area contributed by atoms with Gasteiger partial charge in [0.2, 0.25) is 0 Å². The monoisotopic (exact) mass is 854 g/mol. The van der Waals surface area contributed by atoms with Crippen LogP contribution in [0.4, 0.5) is 0 Å². The topological polar surface area (TPSA) is 233 Å². The van der Waals surface area contributed by atoms with Crippen molar-refractivity contribution in [2.24, 2.45) is 0 Å². The zero-order valence-electron chi connectivity index (χ0n) is 33.8. The predicted octanol–water partition coefficient (Wildman–Crippen LogP) is 4.06. The first-order valence-corrected chi connectivity index (χ1v) is 20.3. The van der Waals surface area contributed by atoms with Crippen LogP contribution >= 0.6 is 0 Å². The van der Waals surface area contributed by atoms with Crippen LogP contribution in [0, 0.1) is 12.1 Å². The Kier molecular flexibility index (Phi) is 14.5. The molecule has 2 saturated heterocycles. The van der Waals surface area contributed by atoms with E-state index < -0.39 is 79.9 Å². The van der Waals surface area contributed by atoms with Crippen LogP contribution in [0.1, 0.15) is 58.3 Å². The molecule has 18 nitrogen and oxygen atoms in total. The molecule has 0 spiro atoms. The molecular formula is C41H46N2O16S. The summed E-state index contributed by atoms with van der Waals surface area (Å²) in [6.07, 6.45) is 9.12. The van der Waals surface area contributed by atoms with Gasteiger partial charge in [-0.05, 0) is 62.5 Å². The molecule has 0 aliphatic carbocycles. The number of nitrogens with zero attached hydrogens (tertiary/aromatic N) is 2. The van der Waals surface area contributed by atoms with Gasteiger partial charge in [-0.1, -0.05) is 55.5 Å². The van der Waals surface area contributed by atoms with E-state index in [1.54, 1.807) is 63.3 Å². The Morgan fingerprint density at radius 2 is 1.67 bits per heavy atom. The molecule has 2 bridgehead atoms. The molecule has 3 aromatic rings. The summed E-state index contributed by atoms with van der Waals surface area (Å²) in [5.41, 5.74) is -2.35. The third kappa shape index (κ3) is 10.0. The van der Waals surface area contributed by atoms with E-state index in [1.807, 2.05) is 6.92 Å². The van der Waals surface area contributed by atoms with Crippen LogP contribution in [0.3, 0.4) is 0 Å². The number of hydrogen-bond acceptors (Lipinski definition) is 17. The van der Waals surface area contributed by atoms with Gasteiger partial charge in [0.25, 0.3) is 9.84 Å². The molecule has 19 heteroatoms. The lowest BCUT2D eigenvalue weighted by Crippen LogP contribution is -2.66. The SMILES string of the molecule is CC[C@H]1O[C@@]2(C)[C@H](OC(C)=O)[C@@]1(C)O[C@@H](/C=C/C=C/C=C/c1oc(=O)cc(OC)c1C)[C@@H]2OC(=O)CCC(=O)OC/C=C/COc1no[n+]([O-])c1S(=O)(=O)c1ccccc1. The van der Waals surface area contributed by atoms with Crippen molar-refractivity contribution in [3.8, 4) is 11.6 Å². The third-order valence-electron chi connectivity index (χ3n) is 9.75. The van der Waals surface area contributed by atoms with Gasteiger partial charge in [-0.2, -0.15) is 0 Å². The number of rotatable bonds is 18. The molecule has 6 atom stereocenters. The Labute approximate surface area is 345 Å². The molecule has 0 amide bonds. The fraction of sp³-hybridized carbons (Fsp3) is 0.415. The highest BCUT2D eigenvalue weighted by atomic mass is 32.2. The van der Waals surface area contributed by atoms with Crippen molar-refractivity contribution in [2.45, 2.75) is 99.4 Å². The molecular weight excluding hydrogens is 809 g/mol. The average Bonchev–Trinajstić information content (AvgIpc) is 3.66. The summed E-state index contributed by atoms with van der Waals surface area (Å²) in [4.78, 5) is 49.5. The van der Waals surface area contributed by atoms with Crippen molar-refractivity contribution in [2.75, 3.05) is 20.3 Å². The minimum Gasteiger partial charge on any atom is -0.496 e. The lowest BCUT2D eigenvalue weighted by Gasteiger charge is -2.48. The van der Waals surface area contributed by atoms with E-state index in [-0.39, 0.29) is 35.9 Å².